The highest BCUT2D eigenvalue weighted by Gasteiger charge is 2.16. The molecule has 1 unspecified atom stereocenters. The highest BCUT2D eigenvalue weighted by molar-refractivity contribution is 7.06. The summed E-state index contributed by atoms with van der Waals surface area (Å²) in [6.45, 7) is 0. The molecule has 0 aliphatic carbocycles. The Kier molecular flexibility index (Phi) is 2.71. The van der Waals surface area contributed by atoms with Crippen LogP contribution >= 0.6 is 23.3 Å². The van der Waals surface area contributed by atoms with Gasteiger partial charge in [0.05, 0.1) is 29.9 Å². The molecule has 14 heavy (non-hydrogen) atoms. The maximum absolute atomic E-state index is 9.81. The first-order chi connectivity index (χ1) is 6.81. The third kappa shape index (κ3) is 1.74. The van der Waals surface area contributed by atoms with Crippen LogP contribution in [0.4, 0.5) is 0 Å². The Morgan fingerprint density at radius 3 is 2.93 bits per heavy atom. The van der Waals surface area contributed by atoms with Gasteiger partial charge in [-0.3, -0.25) is 0 Å². The first-order valence-corrected chi connectivity index (χ1v) is 5.27. The summed E-state index contributed by atoms with van der Waals surface area (Å²) in [7, 11) is 1.54. The fourth-order valence-corrected chi connectivity index (χ4v) is 2.08. The van der Waals surface area contributed by atoms with Crippen LogP contribution < -0.4 is 4.74 Å². The average Bonchev–Trinajstić information content (AvgIpc) is 2.88. The molecule has 7 heteroatoms. The number of ether oxygens (including phenoxy) is 1. The molecule has 0 aliphatic heterocycles. The lowest BCUT2D eigenvalue weighted by molar-refractivity contribution is 0.220. The molecule has 1 atom stereocenters. The summed E-state index contributed by atoms with van der Waals surface area (Å²) in [6, 6.07) is 1.69. The zero-order chi connectivity index (χ0) is 9.97. The highest BCUT2D eigenvalue weighted by Crippen LogP contribution is 2.27. The maximum Gasteiger partial charge on any atom is 0.225 e. The third-order valence-corrected chi connectivity index (χ3v) is 2.96. The molecule has 0 fully saturated rings. The van der Waals surface area contributed by atoms with E-state index in [0.717, 1.165) is 11.7 Å². The van der Waals surface area contributed by atoms with Gasteiger partial charge in [0.15, 0.2) is 0 Å². The Balaban J connectivity index is 2.23. The highest BCUT2D eigenvalue weighted by atomic mass is 32.1. The monoisotopic (exact) mass is 229 g/mol. The SMILES string of the molecule is COc1cc(C(O)c2cnsn2)sn1. The van der Waals surface area contributed by atoms with Gasteiger partial charge in [0.2, 0.25) is 5.88 Å². The van der Waals surface area contributed by atoms with Crippen molar-refractivity contribution in [1.82, 2.24) is 13.1 Å². The molecule has 0 radical (unpaired) electrons. The van der Waals surface area contributed by atoms with Crippen molar-refractivity contribution >= 4 is 23.3 Å². The molecule has 2 rings (SSSR count). The maximum atomic E-state index is 9.81. The van der Waals surface area contributed by atoms with Gasteiger partial charge in [0.25, 0.3) is 0 Å². The molecular formula is C7H7N3O2S2. The largest absolute Gasteiger partial charge is 0.480 e. The number of methoxy groups -OCH3 is 1. The second-order valence-corrected chi connectivity index (χ2v) is 3.90. The molecule has 2 aromatic rings. The quantitative estimate of drug-likeness (QED) is 0.853. The number of aliphatic hydroxyl groups excluding tert-OH is 1. The van der Waals surface area contributed by atoms with Gasteiger partial charge < -0.3 is 9.84 Å². The van der Waals surface area contributed by atoms with E-state index in [4.69, 9.17) is 4.74 Å². The van der Waals surface area contributed by atoms with Crippen LogP contribution in [0.3, 0.4) is 0 Å². The van der Waals surface area contributed by atoms with E-state index in [1.807, 2.05) is 0 Å². The predicted octanol–water partition coefficient (Wildman–Crippen LogP) is 1.08. The van der Waals surface area contributed by atoms with Crippen LogP contribution in [0.5, 0.6) is 5.88 Å². The molecule has 74 valence electrons. The summed E-state index contributed by atoms with van der Waals surface area (Å²) >= 11 is 2.26. The second kappa shape index (κ2) is 3.99. The lowest BCUT2D eigenvalue weighted by Crippen LogP contribution is -1.96. The number of aliphatic hydroxyl groups is 1. The van der Waals surface area contributed by atoms with Crippen LogP contribution in [-0.4, -0.2) is 25.3 Å². The zero-order valence-corrected chi connectivity index (χ0v) is 8.88. The number of aromatic nitrogens is 3. The summed E-state index contributed by atoms with van der Waals surface area (Å²) in [5.41, 5.74) is 0.543. The normalized spacial score (nSPS) is 12.7. The minimum Gasteiger partial charge on any atom is -0.480 e. The van der Waals surface area contributed by atoms with Crippen LogP contribution in [0.2, 0.25) is 0 Å². The van der Waals surface area contributed by atoms with Gasteiger partial charge in [-0.15, -0.1) is 0 Å². The van der Waals surface area contributed by atoms with E-state index in [-0.39, 0.29) is 0 Å². The number of rotatable bonds is 3. The van der Waals surface area contributed by atoms with Crippen LogP contribution in [0, 0.1) is 0 Å². The van der Waals surface area contributed by atoms with Crippen molar-refractivity contribution in [2.24, 2.45) is 0 Å². The molecule has 1 N–H and O–H groups in total. The van der Waals surface area contributed by atoms with E-state index in [9.17, 15) is 5.11 Å². The fraction of sp³-hybridized carbons (Fsp3) is 0.286. The molecule has 0 saturated heterocycles. The molecule has 5 nitrogen and oxygen atoms in total. The molecule has 0 spiro atoms. The minimum atomic E-state index is -0.754. The Morgan fingerprint density at radius 1 is 1.50 bits per heavy atom. The zero-order valence-electron chi connectivity index (χ0n) is 7.25. The lowest BCUT2D eigenvalue weighted by Gasteiger charge is -2.01. The third-order valence-electron chi connectivity index (χ3n) is 1.64. The van der Waals surface area contributed by atoms with Crippen molar-refractivity contribution in [1.29, 1.82) is 0 Å². The van der Waals surface area contributed by atoms with Gasteiger partial charge in [-0.25, -0.2) is 0 Å². The van der Waals surface area contributed by atoms with Gasteiger partial charge in [-0.2, -0.15) is 13.1 Å². The summed E-state index contributed by atoms with van der Waals surface area (Å²) in [4.78, 5) is 0.703. The van der Waals surface area contributed by atoms with Crippen molar-refractivity contribution < 1.29 is 9.84 Å². The molecular weight excluding hydrogens is 222 g/mol. The summed E-state index contributed by atoms with van der Waals surface area (Å²) in [5.74, 6) is 0.507. The van der Waals surface area contributed by atoms with Crippen molar-refractivity contribution in [3.63, 3.8) is 0 Å². The molecule has 2 aromatic heterocycles. The van der Waals surface area contributed by atoms with Crippen LogP contribution in [0.25, 0.3) is 0 Å². The Morgan fingerprint density at radius 2 is 2.36 bits per heavy atom. The van der Waals surface area contributed by atoms with Crippen LogP contribution in [-0.2, 0) is 0 Å². The van der Waals surface area contributed by atoms with E-state index in [1.165, 1.54) is 18.6 Å². The summed E-state index contributed by atoms with van der Waals surface area (Å²) in [6.07, 6.45) is 0.789. The van der Waals surface area contributed by atoms with E-state index in [1.54, 1.807) is 12.3 Å². The molecule has 0 saturated carbocycles. The van der Waals surface area contributed by atoms with E-state index < -0.39 is 6.10 Å². The fourth-order valence-electron chi connectivity index (χ4n) is 0.935. The van der Waals surface area contributed by atoms with Gasteiger partial charge in [0.1, 0.15) is 11.8 Å². The summed E-state index contributed by atoms with van der Waals surface area (Å²) in [5, 5.41) is 9.81. The number of hydrogen-bond acceptors (Lipinski definition) is 7. The molecule has 0 bridgehead atoms. The van der Waals surface area contributed by atoms with Crippen LogP contribution in [0.1, 0.15) is 16.7 Å². The van der Waals surface area contributed by atoms with Gasteiger partial charge >= 0.3 is 0 Å². The Hall–Kier alpha value is -1.05. The van der Waals surface area contributed by atoms with Gasteiger partial charge in [0, 0.05) is 6.07 Å². The minimum absolute atomic E-state index is 0.507. The van der Waals surface area contributed by atoms with E-state index >= 15 is 0 Å². The smallest absolute Gasteiger partial charge is 0.225 e. The van der Waals surface area contributed by atoms with Crippen molar-refractivity contribution in [2.75, 3.05) is 7.11 Å². The topological polar surface area (TPSA) is 68.1 Å². The first kappa shape index (κ1) is 9.50. The molecule has 0 aromatic carbocycles. The standard InChI is InChI=1S/C7H7N3O2S2/c1-12-6-2-5(13-10-6)7(11)4-3-8-14-9-4/h2-3,7,11H,1H3. The molecule has 0 amide bonds. The van der Waals surface area contributed by atoms with Crippen molar-refractivity contribution in [3.05, 3.63) is 22.8 Å². The van der Waals surface area contributed by atoms with Crippen molar-refractivity contribution in [2.45, 2.75) is 6.10 Å². The molecule has 0 aliphatic rings. The van der Waals surface area contributed by atoms with E-state index in [0.29, 0.717) is 16.5 Å². The average molecular weight is 229 g/mol. The number of nitrogens with zero attached hydrogens (tertiary/aromatic N) is 3. The number of hydrogen-bond donors (Lipinski definition) is 1. The van der Waals surface area contributed by atoms with Gasteiger partial charge in [-0.1, -0.05) is 0 Å². The predicted molar refractivity (Wildman–Crippen MR) is 52.6 cm³/mol. The Bertz CT molecular complexity index is 401. The molecule has 2 heterocycles. The first-order valence-electron chi connectivity index (χ1n) is 3.77. The van der Waals surface area contributed by atoms with Crippen molar-refractivity contribution in [3.8, 4) is 5.88 Å². The Labute approximate surface area is 88.5 Å². The van der Waals surface area contributed by atoms with Crippen LogP contribution in [0.15, 0.2) is 12.3 Å². The summed E-state index contributed by atoms with van der Waals surface area (Å²) < 4.78 is 16.7. The second-order valence-electron chi connectivity index (χ2n) is 2.51. The van der Waals surface area contributed by atoms with Gasteiger partial charge in [-0.05, 0) is 11.5 Å². The lowest BCUT2D eigenvalue weighted by atomic mass is 10.2. The van der Waals surface area contributed by atoms with E-state index in [2.05, 4.69) is 13.1 Å².